The van der Waals surface area contributed by atoms with Crippen LogP contribution in [0.15, 0.2) is 12.1 Å². The summed E-state index contributed by atoms with van der Waals surface area (Å²) in [4.78, 5) is 36.2. The number of fused-ring (bicyclic) bond motifs is 1. The minimum atomic E-state index is -0.948. The molecule has 2 aliphatic rings. The smallest absolute Gasteiger partial charge is 0.310 e. The van der Waals surface area contributed by atoms with Gasteiger partial charge < -0.3 is 10.0 Å². The molecule has 1 amide bonds. The first-order valence-corrected chi connectivity index (χ1v) is 7.66. The summed E-state index contributed by atoms with van der Waals surface area (Å²) >= 11 is 0. The zero-order valence-corrected chi connectivity index (χ0v) is 12.9. The summed E-state index contributed by atoms with van der Waals surface area (Å²) in [5.41, 5.74) is 1.06. The first kappa shape index (κ1) is 15.5. The van der Waals surface area contributed by atoms with Crippen molar-refractivity contribution in [2.24, 2.45) is 5.41 Å². The fourth-order valence-electron chi connectivity index (χ4n) is 3.46. The number of nitro benzene ring substituents is 1. The Balaban J connectivity index is 1.87. The lowest BCUT2D eigenvalue weighted by Gasteiger charge is -2.38. The molecule has 0 aromatic heterocycles. The summed E-state index contributed by atoms with van der Waals surface area (Å²) in [6.07, 6.45) is 2.45. The van der Waals surface area contributed by atoms with Crippen molar-refractivity contribution in [1.82, 2.24) is 0 Å². The number of carbonyl (C=O) groups is 2. The van der Waals surface area contributed by atoms with E-state index in [1.54, 1.807) is 13.0 Å². The van der Waals surface area contributed by atoms with Gasteiger partial charge in [-0.1, -0.05) is 6.42 Å². The Morgan fingerprint density at radius 2 is 2.09 bits per heavy atom. The second kappa shape index (κ2) is 5.33. The quantitative estimate of drug-likeness (QED) is 0.678. The molecule has 1 heterocycles. The first-order chi connectivity index (χ1) is 10.8. The average molecular weight is 318 g/mol. The maximum Gasteiger partial charge on any atom is 0.310 e. The maximum absolute atomic E-state index is 12.6. The van der Waals surface area contributed by atoms with Crippen LogP contribution >= 0.6 is 0 Å². The molecule has 3 rings (SSSR count). The van der Waals surface area contributed by atoms with Crippen molar-refractivity contribution < 1.29 is 19.6 Å². The lowest BCUT2D eigenvalue weighted by Crippen LogP contribution is -2.43. The van der Waals surface area contributed by atoms with E-state index in [4.69, 9.17) is 0 Å². The molecule has 1 aromatic carbocycles. The minimum absolute atomic E-state index is 0.0138. The van der Waals surface area contributed by atoms with Crippen LogP contribution in [0.5, 0.6) is 0 Å². The molecule has 1 aliphatic heterocycles. The molecule has 122 valence electrons. The third kappa shape index (κ3) is 2.46. The summed E-state index contributed by atoms with van der Waals surface area (Å²) in [6.45, 7) is 2.13. The minimum Gasteiger partial charge on any atom is -0.481 e. The molecule has 1 saturated carbocycles. The van der Waals surface area contributed by atoms with Crippen molar-refractivity contribution in [2.45, 2.75) is 39.0 Å². The SMILES string of the molecule is Cc1cc2c(cc1[N+](=O)[O-])N(C(=O)CC1(C(=O)O)CCC1)CC2. The van der Waals surface area contributed by atoms with Gasteiger partial charge in [-0.2, -0.15) is 0 Å². The number of nitro groups is 1. The molecule has 7 heteroatoms. The van der Waals surface area contributed by atoms with Crippen LogP contribution in [0.25, 0.3) is 0 Å². The molecule has 0 atom stereocenters. The van der Waals surface area contributed by atoms with E-state index >= 15 is 0 Å². The molecule has 1 N–H and O–H groups in total. The van der Waals surface area contributed by atoms with Crippen molar-refractivity contribution in [3.05, 3.63) is 33.4 Å². The largest absolute Gasteiger partial charge is 0.481 e. The lowest BCUT2D eigenvalue weighted by atomic mass is 9.66. The third-order valence-corrected chi connectivity index (χ3v) is 5.04. The third-order valence-electron chi connectivity index (χ3n) is 5.04. The van der Waals surface area contributed by atoms with Crippen molar-refractivity contribution in [3.8, 4) is 0 Å². The Bertz CT molecular complexity index is 709. The number of hydrogen-bond donors (Lipinski definition) is 1. The molecule has 1 aliphatic carbocycles. The summed E-state index contributed by atoms with van der Waals surface area (Å²) in [7, 11) is 0. The number of aryl methyl sites for hydroxylation is 1. The summed E-state index contributed by atoms with van der Waals surface area (Å²) < 4.78 is 0. The standard InChI is InChI=1S/C16H18N2O5/c1-10-7-11-3-6-17(13(11)8-12(10)18(22)23)14(19)9-16(15(20)21)4-2-5-16/h7-8H,2-6,9H2,1H3,(H,20,21). The van der Waals surface area contributed by atoms with Crippen molar-refractivity contribution >= 4 is 23.3 Å². The van der Waals surface area contributed by atoms with Gasteiger partial charge in [0.2, 0.25) is 5.91 Å². The van der Waals surface area contributed by atoms with Gasteiger partial charge in [0, 0.05) is 24.6 Å². The Morgan fingerprint density at radius 3 is 2.61 bits per heavy atom. The Kier molecular flexibility index (Phi) is 3.58. The zero-order valence-electron chi connectivity index (χ0n) is 12.9. The Morgan fingerprint density at radius 1 is 1.39 bits per heavy atom. The van der Waals surface area contributed by atoms with Gasteiger partial charge in [0.1, 0.15) is 0 Å². The fraction of sp³-hybridized carbons (Fsp3) is 0.500. The van der Waals surface area contributed by atoms with E-state index in [2.05, 4.69) is 0 Å². The van der Waals surface area contributed by atoms with Crippen LogP contribution in [0.4, 0.5) is 11.4 Å². The molecular weight excluding hydrogens is 300 g/mol. The predicted molar refractivity (Wildman–Crippen MR) is 82.4 cm³/mol. The molecule has 1 fully saturated rings. The molecule has 0 radical (unpaired) electrons. The summed E-state index contributed by atoms with van der Waals surface area (Å²) in [5, 5.41) is 20.5. The van der Waals surface area contributed by atoms with Gasteiger partial charge in [-0.3, -0.25) is 19.7 Å². The van der Waals surface area contributed by atoms with Crippen molar-refractivity contribution in [3.63, 3.8) is 0 Å². The number of carbonyl (C=O) groups excluding carboxylic acids is 1. The van der Waals surface area contributed by atoms with E-state index in [1.165, 1.54) is 11.0 Å². The number of rotatable bonds is 4. The van der Waals surface area contributed by atoms with Gasteiger partial charge in [-0.25, -0.2) is 0 Å². The monoisotopic (exact) mass is 318 g/mol. The maximum atomic E-state index is 12.6. The number of anilines is 1. The highest BCUT2D eigenvalue weighted by molar-refractivity contribution is 5.98. The highest BCUT2D eigenvalue weighted by Gasteiger charge is 2.47. The van der Waals surface area contributed by atoms with Gasteiger partial charge in [0.25, 0.3) is 5.69 Å². The molecule has 0 unspecified atom stereocenters. The predicted octanol–water partition coefficient (Wildman–Crippen LogP) is 2.44. The number of amides is 1. The molecule has 7 nitrogen and oxygen atoms in total. The summed E-state index contributed by atoms with van der Waals surface area (Å²) in [6, 6.07) is 3.18. The Hall–Kier alpha value is -2.44. The lowest BCUT2D eigenvalue weighted by molar-refractivity contribution is -0.385. The molecule has 1 aromatic rings. The van der Waals surface area contributed by atoms with Gasteiger partial charge >= 0.3 is 5.97 Å². The van der Waals surface area contributed by atoms with E-state index in [-0.39, 0.29) is 18.0 Å². The number of hydrogen-bond acceptors (Lipinski definition) is 4. The molecule has 0 spiro atoms. The van der Waals surface area contributed by atoms with E-state index in [0.29, 0.717) is 37.1 Å². The number of carboxylic acids is 1. The molecule has 0 saturated heterocycles. The number of nitrogens with zero attached hydrogens (tertiary/aromatic N) is 2. The Labute approximate surface area is 133 Å². The van der Waals surface area contributed by atoms with Gasteiger partial charge in [0.15, 0.2) is 0 Å². The molecular formula is C16H18N2O5. The van der Waals surface area contributed by atoms with E-state index < -0.39 is 16.3 Å². The number of benzene rings is 1. The zero-order chi connectivity index (χ0) is 16.8. The normalized spacial score (nSPS) is 18.2. The van der Waals surface area contributed by atoms with Crippen LogP contribution in [0, 0.1) is 22.5 Å². The van der Waals surface area contributed by atoms with E-state index in [0.717, 1.165) is 12.0 Å². The van der Waals surface area contributed by atoms with Crippen molar-refractivity contribution in [2.75, 3.05) is 11.4 Å². The van der Waals surface area contributed by atoms with Crippen LogP contribution in [0.1, 0.15) is 36.8 Å². The summed E-state index contributed by atoms with van der Waals surface area (Å²) in [5.74, 6) is -1.18. The topological polar surface area (TPSA) is 101 Å². The first-order valence-electron chi connectivity index (χ1n) is 7.66. The van der Waals surface area contributed by atoms with E-state index in [9.17, 15) is 24.8 Å². The average Bonchev–Trinajstić information content (AvgIpc) is 2.83. The van der Waals surface area contributed by atoms with E-state index in [1.807, 2.05) is 0 Å². The van der Waals surface area contributed by atoms with Gasteiger partial charge in [0.05, 0.1) is 16.0 Å². The number of aliphatic carboxylic acids is 1. The van der Waals surface area contributed by atoms with Crippen LogP contribution < -0.4 is 4.90 Å². The van der Waals surface area contributed by atoms with Crippen molar-refractivity contribution in [1.29, 1.82) is 0 Å². The van der Waals surface area contributed by atoms with Crippen LogP contribution in [0.3, 0.4) is 0 Å². The van der Waals surface area contributed by atoms with Crippen LogP contribution in [-0.4, -0.2) is 28.5 Å². The second-order valence-electron chi connectivity index (χ2n) is 6.44. The van der Waals surface area contributed by atoms with Gasteiger partial charge in [-0.05, 0) is 37.8 Å². The number of carboxylic acid groups (broad SMARTS) is 1. The van der Waals surface area contributed by atoms with Gasteiger partial charge in [-0.15, -0.1) is 0 Å². The molecule has 0 bridgehead atoms. The van der Waals surface area contributed by atoms with Crippen LogP contribution in [0.2, 0.25) is 0 Å². The van der Waals surface area contributed by atoms with Crippen LogP contribution in [-0.2, 0) is 16.0 Å². The second-order valence-corrected chi connectivity index (χ2v) is 6.44. The highest BCUT2D eigenvalue weighted by Crippen LogP contribution is 2.45. The molecule has 23 heavy (non-hydrogen) atoms. The highest BCUT2D eigenvalue weighted by atomic mass is 16.6. The fourth-order valence-corrected chi connectivity index (χ4v) is 3.46.